The van der Waals surface area contributed by atoms with E-state index in [0.717, 1.165) is 57.9 Å². The largest absolute Gasteiger partial charge is 0.493 e. The van der Waals surface area contributed by atoms with Crippen molar-refractivity contribution in [1.29, 1.82) is 0 Å². The van der Waals surface area contributed by atoms with E-state index in [1.165, 1.54) is 18.4 Å². The lowest BCUT2D eigenvalue weighted by molar-refractivity contribution is 0.0283. The number of pyridine rings is 1. The monoisotopic (exact) mass is 421 g/mol. The van der Waals surface area contributed by atoms with Gasteiger partial charge in [0, 0.05) is 37.6 Å². The van der Waals surface area contributed by atoms with Crippen LogP contribution in [0, 0.1) is 11.3 Å². The number of nitrogens with zero attached hydrogens (tertiary/aromatic N) is 3. The van der Waals surface area contributed by atoms with Gasteiger partial charge in [-0.15, -0.1) is 0 Å². The van der Waals surface area contributed by atoms with E-state index in [2.05, 4.69) is 48.0 Å². The highest BCUT2D eigenvalue weighted by atomic mass is 16.5. The van der Waals surface area contributed by atoms with E-state index in [0.29, 0.717) is 16.9 Å². The normalized spacial score (nSPS) is 19.0. The zero-order chi connectivity index (χ0) is 21.7. The van der Waals surface area contributed by atoms with E-state index >= 15 is 0 Å². The van der Waals surface area contributed by atoms with Gasteiger partial charge in [0.1, 0.15) is 5.75 Å². The number of ether oxygens (including phenoxy) is 1. The maximum Gasteiger partial charge on any atom is 0.255 e. The van der Waals surface area contributed by atoms with Gasteiger partial charge in [-0.25, -0.2) is 0 Å². The molecule has 0 unspecified atom stereocenters. The summed E-state index contributed by atoms with van der Waals surface area (Å²) in [4.78, 5) is 21.4. The van der Waals surface area contributed by atoms with Gasteiger partial charge in [-0.3, -0.25) is 14.7 Å². The van der Waals surface area contributed by atoms with Crippen LogP contribution in [0.2, 0.25) is 0 Å². The van der Waals surface area contributed by atoms with Crippen molar-refractivity contribution in [2.24, 2.45) is 11.3 Å². The van der Waals surface area contributed by atoms with E-state index in [1.54, 1.807) is 12.4 Å². The Morgan fingerprint density at radius 2 is 1.74 bits per heavy atom. The van der Waals surface area contributed by atoms with Crippen LogP contribution in [0.1, 0.15) is 55.5 Å². The first-order valence-electron chi connectivity index (χ1n) is 11.7. The zero-order valence-corrected chi connectivity index (χ0v) is 18.9. The molecule has 1 spiro atoms. The SMILES string of the molecule is CC(C)COc1ccccc1CN1CCC2(CC1)CCN(C(=O)c1cccnc1)CC2. The number of para-hydroxylation sites is 1. The predicted octanol–water partition coefficient (Wildman–Crippen LogP) is 4.63. The first-order chi connectivity index (χ1) is 15.0. The maximum atomic E-state index is 12.7. The molecule has 0 N–H and O–H groups in total. The van der Waals surface area contributed by atoms with Crippen LogP contribution in [-0.2, 0) is 6.54 Å². The topological polar surface area (TPSA) is 45.7 Å². The van der Waals surface area contributed by atoms with Gasteiger partial charge in [0.15, 0.2) is 0 Å². The summed E-state index contributed by atoms with van der Waals surface area (Å²) >= 11 is 0. The van der Waals surface area contributed by atoms with Crippen LogP contribution in [-0.4, -0.2) is 53.5 Å². The summed E-state index contributed by atoms with van der Waals surface area (Å²) in [5.41, 5.74) is 2.39. The zero-order valence-electron chi connectivity index (χ0n) is 18.9. The van der Waals surface area contributed by atoms with E-state index in [-0.39, 0.29) is 5.91 Å². The summed E-state index contributed by atoms with van der Waals surface area (Å²) in [6.45, 7) is 10.0. The molecule has 3 heterocycles. The maximum absolute atomic E-state index is 12.7. The Balaban J connectivity index is 1.28. The highest BCUT2D eigenvalue weighted by Crippen LogP contribution is 2.42. The molecule has 0 atom stereocenters. The molecule has 2 saturated heterocycles. The van der Waals surface area contributed by atoms with Crippen molar-refractivity contribution in [2.75, 3.05) is 32.8 Å². The summed E-state index contributed by atoms with van der Waals surface area (Å²) < 4.78 is 6.05. The predicted molar refractivity (Wildman–Crippen MR) is 123 cm³/mol. The van der Waals surface area contributed by atoms with Gasteiger partial charge in [-0.1, -0.05) is 32.0 Å². The Kier molecular flexibility index (Phi) is 6.91. The van der Waals surface area contributed by atoms with Crippen molar-refractivity contribution in [1.82, 2.24) is 14.8 Å². The minimum atomic E-state index is 0.124. The molecule has 2 fully saturated rings. The third-order valence-electron chi connectivity index (χ3n) is 6.88. The third kappa shape index (κ3) is 5.45. The number of piperidine rings is 2. The Morgan fingerprint density at radius 1 is 1.03 bits per heavy atom. The summed E-state index contributed by atoms with van der Waals surface area (Å²) in [6, 6.07) is 12.2. The van der Waals surface area contributed by atoms with Crippen LogP contribution >= 0.6 is 0 Å². The van der Waals surface area contributed by atoms with Crippen LogP contribution < -0.4 is 4.74 Å². The number of benzene rings is 1. The average Bonchev–Trinajstić information content (AvgIpc) is 2.81. The molecule has 4 rings (SSSR count). The van der Waals surface area contributed by atoms with Gasteiger partial charge in [-0.2, -0.15) is 0 Å². The van der Waals surface area contributed by atoms with Gasteiger partial charge >= 0.3 is 0 Å². The van der Waals surface area contributed by atoms with E-state index in [4.69, 9.17) is 4.74 Å². The van der Waals surface area contributed by atoms with Gasteiger partial charge in [0.2, 0.25) is 0 Å². The second-order valence-corrected chi connectivity index (χ2v) is 9.62. The lowest BCUT2D eigenvalue weighted by atomic mass is 9.71. The molecule has 1 amide bonds. The fourth-order valence-corrected chi connectivity index (χ4v) is 4.81. The van der Waals surface area contributed by atoms with Gasteiger partial charge in [0.05, 0.1) is 12.2 Å². The molecule has 0 radical (unpaired) electrons. The van der Waals surface area contributed by atoms with Gasteiger partial charge < -0.3 is 9.64 Å². The Morgan fingerprint density at radius 3 is 2.42 bits per heavy atom. The molecule has 5 nitrogen and oxygen atoms in total. The standard InChI is InChI=1S/C26H35N3O2/c1-21(2)20-31-24-8-4-3-6-23(24)19-28-14-9-26(10-15-28)11-16-29(17-12-26)25(30)22-7-5-13-27-18-22/h3-8,13,18,21H,9-12,14-17,19-20H2,1-2H3. The van der Waals surface area contributed by atoms with E-state index in [1.807, 2.05) is 17.0 Å². The summed E-state index contributed by atoms with van der Waals surface area (Å²) in [6.07, 6.45) is 8.05. The van der Waals surface area contributed by atoms with Crippen LogP contribution in [0.25, 0.3) is 0 Å². The fourth-order valence-electron chi connectivity index (χ4n) is 4.81. The third-order valence-corrected chi connectivity index (χ3v) is 6.88. The van der Waals surface area contributed by atoms with Gasteiger partial charge in [0.25, 0.3) is 5.91 Å². The second-order valence-electron chi connectivity index (χ2n) is 9.62. The minimum Gasteiger partial charge on any atom is -0.493 e. The summed E-state index contributed by atoms with van der Waals surface area (Å²) in [7, 11) is 0. The summed E-state index contributed by atoms with van der Waals surface area (Å²) in [5.74, 6) is 1.68. The minimum absolute atomic E-state index is 0.124. The number of carbonyl (C=O) groups is 1. The molecule has 0 saturated carbocycles. The van der Waals surface area contributed by atoms with Gasteiger partial charge in [-0.05, 0) is 68.3 Å². The number of carbonyl (C=O) groups excluding carboxylic acids is 1. The molecule has 1 aromatic heterocycles. The fraction of sp³-hybridized carbons (Fsp3) is 0.538. The quantitative estimate of drug-likeness (QED) is 0.682. The Labute approximate surface area is 186 Å². The summed E-state index contributed by atoms with van der Waals surface area (Å²) in [5, 5.41) is 0. The lowest BCUT2D eigenvalue weighted by Gasteiger charge is -2.47. The van der Waals surface area contributed by atoms with Crippen LogP contribution in [0.3, 0.4) is 0 Å². The van der Waals surface area contributed by atoms with Crippen molar-refractivity contribution in [2.45, 2.75) is 46.1 Å². The number of aromatic nitrogens is 1. The number of likely N-dealkylation sites (tertiary alicyclic amines) is 2. The molecule has 0 aliphatic carbocycles. The van der Waals surface area contributed by atoms with Crippen molar-refractivity contribution in [3.05, 3.63) is 59.9 Å². The Hall–Kier alpha value is -2.40. The molecular formula is C26H35N3O2. The molecule has 31 heavy (non-hydrogen) atoms. The second kappa shape index (κ2) is 9.82. The lowest BCUT2D eigenvalue weighted by Crippen LogP contribution is -2.48. The van der Waals surface area contributed by atoms with E-state index < -0.39 is 0 Å². The molecule has 0 bridgehead atoms. The number of rotatable bonds is 6. The van der Waals surface area contributed by atoms with Crippen LogP contribution in [0.15, 0.2) is 48.8 Å². The van der Waals surface area contributed by atoms with Crippen molar-refractivity contribution in [3.8, 4) is 5.75 Å². The van der Waals surface area contributed by atoms with Crippen LogP contribution in [0.5, 0.6) is 5.75 Å². The van der Waals surface area contributed by atoms with Crippen molar-refractivity contribution in [3.63, 3.8) is 0 Å². The molecule has 5 heteroatoms. The number of hydrogen-bond donors (Lipinski definition) is 0. The first kappa shape index (κ1) is 21.8. The molecule has 1 aromatic carbocycles. The highest BCUT2D eigenvalue weighted by molar-refractivity contribution is 5.93. The van der Waals surface area contributed by atoms with Crippen molar-refractivity contribution < 1.29 is 9.53 Å². The number of amides is 1. The smallest absolute Gasteiger partial charge is 0.255 e. The van der Waals surface area contributed by atoms with E-state index in [9.17, 15) is 4.79 Å². The molecule has 166 valence electrons. The van der Waals surface area contributed by atoms with Crippen molar-refractivity contribution >= 4 is 5.91 Å². The molecule has 2 aliphatic rings. The first-order valence-corrected chi connectivity index (χ1v) is 11.7. The average molecular weight is 422 g/mol. The molecule has 2 aromatic rings. The Bertz CT molecular complexity index is 850. The number of hydrogen-bond acceptors (Lipinski definition) is 4. The molecule has 2 aliphatic heterocycles. The molecular weight excluding hydrogens is 386 g/mol. The highest BCUT2D eigenvalue weighted by Gasteiger charge is 2.38. The van der Waals surface area contributed by atoms with Crippen LogP contribution in [0.4, 0.5) is 0 Å².